The fourth-order valence-electron chi connectivity index (χ4n) is 3.56. The van der Waals surface area contributed by atoms with Crippen LogP contribution in [0.2, 0.25) is 5.02 Å². The maximum absolute atomic E-state index is 13.1. The van der Waals surface area contributed by atoms with Crippen LogP contribution in [-0.2, 0) is 16.6 Å². The van der Waals surface area contributed by atoms with Crippen molar-refractivity contribution in [3.8, 4) is 0 Å². The molecule has 0 unspecified atom stereocenters. The molecule has 0 bridgehead atoms. The van der Waals surface area contributed by atoms with E-state index in [2.05, 4.69) is 0 Å². The number of aryl methyl sites for hydroxylation is 1. The summed E-state index contributed by atoms with van der Waals surface area (Å²) in [5.74, 6) is -0.143. The average molecular weight is 466 g/mol. The molecule has 0 aliphatic carbocycles. The van der Waals surface area contributed by atoms with Gasteiger partial charge in [-0.15, -0.1) is 0 Å². The molecule has 7 nitrogen and oxygen atoms in total. The normalized spacial score (nSPS) is 15.6. The lowest BCUT2D eigenvalue weighted by molar-refractivity contribution is 0.0698. The number of carbonyl (C=O) groups excluding carboxylic acids is 1. The van der Waals surface area contributed by atoms with Crippen molar-refractivity contribution in [2.24, 2.45) is 0 Å². The molecule has 1 saturated heterocycles. The monoisotopic (exact) mass is 465 g/mol. The summed E-state index contributed by atoms with van der Waals surface area (Å²) in [5.41, 5.74) is 1.27. The molecular weight excluding hydrogens is 446 g/mol. The van der Waals surface area contributed by atoms with Crippen molar-refractivity contribution in [2.45, 2.75) is 18.4 Å². The number of thiazole rings is 1. The molecule has 30 heavy (non-hydrogen) atoms. The predicted molar refractivity (Wildman–Crippen MR) is 118 cm³/mol. The summed E-state index contributed by atoms with van der Waals surface area (Å²) in [5, 5.41) is 0.554. The van der Waals surface area contributed by atoms with E-state index in [1.54, 1.807) is 51.9 Å². The maximum atomic E-state index is 13.1. The van der Waals surface area contributed by atoms with Gasteiger partial charge in [0, 0.05) is 43.3 Å². The Kier molecular flexibility index (Phi) is 5.71. The second-order valence-corrected chi connectivity index (χ2v) is 10.3. The van der Waals surface area contributed by atoms with Gasteiger partial charge in [0.05, 0.1) is 15.1 Å². The molecule has 1 amide bonds. The first-order valence-corrected chi connectivity index (χ1v) is 12.1. The highest BCUT2D eigenvalue weighted by Crippen LogP contribution is 2.25. The number of piperazine rings is 1. The SMILES string of the molecule is CCn1c(=O)sc2cc(S(=O)(=O)N3CCN(C(=O)c4ccc(Cl)cc4)CC3)ccc21. The topological polar surface area (TPSA) is 79.7 Å². The van der Waals surface area contributed by atoms with E-state index in [9.17, 15) is 18.0 Å². The molecule has 1 aromatic heterocycles. The third-order valence-corrected chi connectivity index (χ3v) is 8.30. The molecule has 2 aromatic carbocycles. The molecule has 0 radical (unpaired) electrons. The number of amides is 1. The van der Waals surface area contributed by atoms with Gasteiger partial charge in [0.25, 0.3) is 5.91 Å². The number of fused-ring (bicyclic) bond motifs is 1. The second kappa shape index (κ2) is 8.14. The number of sulfonamides is 1. The van der Waals surface area contributed by atoms with Gasteiger partial charge in [-0.1, -0.05) is 22.9 Å². The van der Waals surface area contributed by atoms with E-state index < -0.39 is 10.0 Å². The molecule has 0 N–H and O–H groups in total. The summed E-state index contributed by atoms with van der Waals surface area (Å²) >= 11 is 6.91. The smallest absolute Gasteiger partial charge is 0.308 e. The fraction of sp³-hybridized carbons (Fsp3) is 0.300. The summed E-state index contributed by atoms with van der Waals surface area (Å²) in [7, 11) is -3.71. The summed E-state index contributed by atoms with van der Waals surface area (Å²) in [6.07, 6.45) is 0. The summed E-state index contributed by atoms with van der Waals surface area (Å²) in [6.45, 7) is 3.46. The molecular formula is C20H20ClN3O4S2. The molecule has 10 heteroatoms. The van der Waals surface area contributed by atoms with Gasteiger partial charge in [0.1, 0.15) is 0 Å². The van der Waals surface area contributed by atoms with Gasteiger partial charge in [-0.2, -0.15) is 4.31 Å². The Hall–Kier alpha value is -2.20. The number of benzene rings is 2. The molecule has 1 aliphatic rings. The van der Waals surface area contributed by atoms with Gasteiger partial charge in [0.15, 0.2) is 0 Å². The minimum absolute atomic E-state index is 0.101. The van der Waals surface area contributed by atoms with E-state index in [0.717, 1.165) is 16.9 Å². The van der Waals surface area contributed by atoms with Gasteiger partial charge in [-0.3, -0.25) is 14.2 Å². The number of carbonyl (C=O) groups is 1. The van der Waals surface area contributed by atoms with Gasteiger partial charge in [-0.25, -0.2) is 8.42 Å². The quantitative estimate of drug-likeness (QED) is 0.593. The molecule has 3 aromatic rings. The highest BCUT2D eigenvalue weighted by molar-refractivity contribution is 7.89. The number of rotatable bonds is 4. The zero-order chi connectivity index (χ0) is 21.5. The zero-order valence-corrected chi connectivity index (χ0v) is 18.6. The Morgan fingerprint density at radius 2 is 1.73 bits per heavy atom. The van der Waals surface area contributed by atoms with E-state index in [1.807, 2.05) is 6.92 Å². The van der Waals surface area contributed by atoms with E-state index in [4.69, 9.17) is 11.6 Å². The van der Waals surface area contributed by atoms with Crippen LogP contribution >= 0.6 is 22.9 Å². The zero-order valence-electron chi connectivity index (χ0n) is 16.2. The number of nitrogens with zero attached hydrogens (tertiary/aromatic N) is 3. The molecule has 1 fully saturated rings. The van der Waals surface area contributed by atoms with Crippen LogP contribution in [0.1, 0.15) is 17.3 Å². The van der Waals surface area contributed by atoms with Crippen molar-refractivity contribution >= 4 is 49.1 Å². The lowest BCUT2D eigenvalue weighted by Gasteiger charge is -2.34. The van der Waals surface area contributed by atoms with E-state index in [-0.39, 0.29) is 28.8 Å². The molecule has 1 aliphatic heterocycles. The Morgan fingerprint density at radius 3 is 2.37 bits per heavy atom. The van der Waals surface area contributed by atoms with Gasteiger partial charge >= 0.3 is 4.87 Å². The number of hydrogen-bond acceptors (Lipinski definition) is 5. The van der Waals surface area contributed by atoms with Crippen molar-refractivity contribution < 1.29 is 13.2 Å². The van der Waals surface area contributed by atoms with E-state index >= 15 is 0 Å². The lowest BCUT2D eigenvalue weighted by Crippen LogP contribution is -2.50. The average Bonchev–Trinajstić information content (AvgIpc) is 3.08. The third-order valence-electron chi connectivity index (χ3n) is 5.21. The van der Waals surface area contributed by atoms with Crippen molar-refractivity contribution in [1.29, 1.82) is 0 Å². The summed E-state index contributed by atoms with van der Waals surface area (Å²) in [4.78, 5) is 26.4. The predicted octanol–water partition coefficient (Wildman–Crippen LogP) is 2.88. The van der Waals surface area contributed by atoms with E-state index in [0.29, 0.717) is 34.9 Å². The largest absolute Gasteiger partial charge is 0.336 e. The van der Waals surface area contributed by atoms with Crippen LogP contribution in [0.4, 0.5) is 0 Å². The summed E-state index contributed by atoms with van der Waals surface area (Å²) in [6, 6.07) is 11.4. The highest BCUT2D eigenvalue weighted by atomic mass is 35.5. The van der Waals surface area contributed by atoms with Gasteiger partial charge in [0.2, 0.25) is 10.0 Å². The van der Waals surface area contributed by atoms with Crippen molar-refractivity contribution in [1.82, 2.24) is 13.8 Å². The van der Waals surface area contributed by atoms with Crippen LogP contribution in [0, 0.1) is 0 Å². The molecule has 0 atom stereocenters. The van der Waals surface area contributed by atoms with E-state index in [1.165, 1.54) is 4.31 Å². The first-order chi connectivity index (χ1) is 14.3. The van der Waals surface area contributed by atoms with Gasteiger partial charge < -0.3 is 4.90 Å². The lowest BCUT2D eigenvalue weighted by atomic mass is 10.2. The second-order valence-electron chi connectivity index (χ2n) is 6.94. The Balaban J connectivity index is 1.51. The van der Waals surface area contributed by atoms with Crippen LogP contribution in [0.3, 0.4) is 0 Å². The van der Waals surface area contributed by atoms with Crippen LogP contribution in [-0.4, -0.2) is 54.3 Å². The van der Waals surface area contributed by atoms with Crippen LogP contribution < -0.4 is 4.87 Å². The molecule has 0 spiro atoms. The fourth-order valence-corrected chi connectivity index (χ4v) is 6.21. The molecule has 158 valence electrons. The first-order valence-electron chi connectivity index (χ1n) is 9.49. The molecule has 2 heterocycles. The highest BCUT2D eigenvalue weighted by Gasteiger charge is 2.30. The number of aromatic nitrogens is 1. The minimum Gasteiger partial charge on any atom is -0.336 e. The number of hydrogen-bond donors (Lipinski definition) is 0. The Labute approximate surface area is 183 Å². The standard InChI is InChI=1S/C20H20ClN3O4S2/c1-2-24-17-8-7-16(13-18(17)29-20(24)26)30(27,28)23-11-9-22(10-12-23)19(25)14-3-5-15(21)6-4-14/h3-8,13H,2,9-12H2,1H3. The van der Waals surface area contributed by atoms with Crippen molar-refractivity contribution in [3.05, 3.63) is 62.7 Å². The van der Waals surface area contributed by atoms with Crippen molar-refractivity contribution in [2.75, 3.05) is 26.2 Å². The Bertz CT molecular complexity index is 1260. The minimum atomic E-state index is -3.71. The third kappa shape index (κ3) is 3.78. The van der Waals surface area contributed by atoms with Crippen LogP contribution in [0.15, 0.2) is 52.2 Å². The molecule has 0 saturated carbocycles. The molecule has 4 rings (SSSR count). The van der Waals surface area contributed by atoms with Crippen LogP contribution in [0.5, 0.6) is 0 Å². The van der Waals surface area contributed by atoms with Crippen LogP contribution in [0.25, 0.3) is 10.2 Å². The van der Waals surface area contributed by atoms with Gasteiger partial charge in [-0.05, 0) is 49.4 Å². The summed E-state index contributed by atoms with van der Waals surface area (Å²) < 4.78 is 29.9. The number of halogens is 1. The maximum Gasteiger partial charge on any atom is 0.308 e. The van der Waals surface area contributed by atoms with Crippen molar-refractivity contribution in [3.63, 3.8) is 0 Å². The first kappa shape index (κ1) is 21.0. The Morgan fingerprint density at radius 1 is 1.07 bits per heavy atom.